The van der Waals surface area contributed by atoms with Crippen LogP contribution in [0, 0.1) is 0 Å². The highest BCUT2D eigenvalue weighted by atomic mass is 15.1. The third-order valence-corrected chi connectivity index (χ3v) is 12.2. The Balaban J connectivity index is 1.19. The molecule has 0 unspecified atom stereocenters. The summed E-state index contributed by atoms with van der Waals surface area (Å²) in [6.07, 6.45) is 0. The van der Waals surface area contributed by atoms with Gasteiger partial charge in [-0.1, -0.05) is 172 Å². The van der Waals surface area contributed by atoms with Crippen LogP contribution >= 0.6 is 0 Å². The van der Waals surface area contributed by atoms with E-state index in [2.05, 4.69) is 230 Å². The van der Waals surface area contributed by atoms with E-state index in [1.807, 2.05) is 0 Å². The molecular weight excluding hydrogens is 689 g/mol. The molecule has 0 N–H and O–H groups in total. The Morgan fingerprint density at radius 3 is 1.72 bits per heavy atom. The van der Waals surface area contributed by atoms with Gasteiger partial charge >= 0.3 is 0 Å². The monoisotopic (exact) mass is 728 g/mol. The largest absolute Gasteiger partial charge is 0.310 e. The first-order valence-electron chi connectivity index (χ1n) is 19.9. The molecule has 0 saturated carbocycles. The zero-order valence-corrected chi connectivity index (χ0v) is 32.0. The van der Waals surface area contributed by atoms with Gasteiger partial charge in [0.05, 0.1) is 22.4 Å². The minimum atomic E-state index is -0.124. The molecule has 270 valence electrons. The van der Waals surface area contributed by atoms with Crippen LogP contribution < -0.4 is 4.90 Å². The highest BCUT2D eigenvalue weighted by Crippen LogP contribution is 2.54. The molecule has 1 aliphatic carbocycles. The third kappa shape index (κ3) is 5.18. The van der Waals surface area contributed by atoms with Crippen LogP contribution in [0.3, 0.4) is 0 Å². The minimum absolute atomic E-state index is 0.124. The van der Waals surface area contributed by atoms with Crippen molar-refractivity contribution in [2.24, 2.45) is 0 Å². The molecule has 0 radical (unpaired) electrons. The number of fused-ring (bicyclic) bond motifs is 7. The number of anilines is 3. The molecule has 9 aromatic carbocycles. The second-order valence-electron chi connectivity index (χ2n) is 15.7. The lowest BCUT2D eigenvalue weighted by molar-refractivity contribution is 0.660. The lowest BCUT2D eigenvalue weighted by atomic mass is 9.82. The summed E-state index contributed by atoms with van der Waals surface area (Å²) in [5, 5.41) is 4.95. The summed E-state index contributed by atoms with van der Waals surface area (Å²) >= 11 is 0. The number of benzene rings is 9. The van der Waals surface area contributed by atoms with E-state index in [-0.39, 0.29) is 5.41 Å². The molecule has 0 atom stereocenters. The van der Waals surface area contributed by atoms with E-state index in [0.29, 0.717) is 0 Å². The molecule has 0 fully saturated rings. The van der Waals surface area contributed by atoms with Gasteiger partial charge in [-0.25, -0.2) is 0 Å². The topological polar surface area (TPSA) is 8.17 Å². The summed E-state index contributed by atoms with van der Waals surface area (Å²) in [6, 6.07) is 75.7. The molecule has 1 heterocycles. The van der Waals surface area contributed by atoms with Crippen LogP contribution in [0.25, 0.3) is 71.6 Å². The van der Waals surface area contributed by atoms with Crippen molar-refractivity contribution in [3.63, 3.8) is 0 Å². The third-order valence-electron chi connectivity index (χ3n) is 12.2. The van der Waals surface area contributed by atoms with Crippen molar-refractivity contribution in [1.82, 2.24) is 4.57 Å². The first kappa shape index (κ1) is 33.2. The van der Waals surface area contributed by atoms with Gasteiger partial charge in [-0.15, -0.1) is 0 Å². The predicted molar refractivity (Wildman–Crippen MR) is 241 cm³/mol. The molecule has 0 amide bonds. The number of para-hydroxylation sites is 2. The van der Waals surface area contributed by atoms with Crippen molar-refractivity contribution in [2.75, 3.05) is 4.90 Å². The van der Waals surface area contributed by atoms with E-state index in [1.165, 1.54) is 82.8 Å². The molecule has 1 aliphatic rings. The number of rotatable bonds is 6. The normalized spacial score (nSPS) is 12.9. The molecular formula is C55H40N2. The molecule has 2 heteroatoms. The highest BCUT2D eigenvalue weighted by Gasteiger charge is 2.37. The Bertz CT molecular complexity index is 3110. The van der Waals surface area contributed by atoms with Crippen molar-refractivity contribution >= 4 is 49.6 Å². The van der Waals surface area contributed by atoms with Gasteiger partial charge in [-0.2, -0.15) is 0 Å². The Kier molecular flexibility index (Phi) is 7.55. The molecule has 2 nitrogen and oxygen atoms in total. The predicted octanol–water partition coefficient (Wildman–Crippen LogP) is 15.0. The van der Waals surface area contributed by atoms with E-state index in [0.717, 1.165) is 17.1 Å². The second kappa shape index (κ2) is 13.0. The maximum atomic E-state index is 2.48. The fraction of sp³-hybridized carbons (Fsp3) is 0.0545. The van der Waals surface area contributed by atoms with Gasteiger partial charge in [0.25, 0.3) is 0 Å². The van der Waals surface area contributed by atoms with Crippen molar-refractivity contribution in [2.45, 2.75) is 19.3 Å². The number of hydrogen-bond acceptors (Lipinski definition) is 1. The zero-order valence-electron chi connectivity index (χ0n) is 32.0. The van der Waals surface area contributed by atoms with Gasteiger partial charge in [0.15, 0.2) is 0 Å². The van der Waals surface area contributed by atoms with E-state index in [9.17, 15) is 0 Å². The molecule has 11 rings (SSSR count). The van der Waals surface area contributed by atoms with Gasteiger partial charge in [0, 0.05) is 38.7 Å². The van der Waals surface area contributed by atoms with E-state index >= 15 is 0 Å². The SMILES string of the molecule is CC1(C)c2ccccc2-c2c(N(c3cccc(-c4ccccc4)c3)c3cccc(-c4c(-n5c6ccccc6c6ccccc65)ccc5ccccc45)c3)cccc21. The van der Waals surface area contributed by atoms with Crippen LogP contribution in [0.1, 0.15) is 25.0 Å². The zero-order chi connectivity index (χ0) is 38.1. The Labute approximate surface area is 333 Å². The minimum Gasteiger partial charge on any atom is -0.310 e. The Morgan fingerprint density at radius 2 is 0.965 bits per heavy atom. The molecule has 0 bridgehead atoms. The van der Waals surface area contributed by atoms with E-state index in [4.69, 9.17) is 0 Å². The van der Waals surface area contributed by atoms with Gasteiger partial charge < -0.3 is 9.47 Å². The standard InChI is InChI=1S/C55H40N2/c1-55(2)47-28-11-8-27-46(47)54-48(55)29-16-32-51(54)56(41-22-14-20-39(35-41)37-17-4-3-5-18-37)42-23-15-21-40(36-42)53-43-24-7-6-19-38(43)33-34-52(53)57-49-30-12-9-25-44(49)45-26-10-13-31-50(45)57/h3-36H,1-2H3. The quantitative estimate of drug-likeness (QED) is 0.165. The van der Waals surface area contributed by atoms with Crippen LogP contribution in [-0.4, -0.2) is 4.57 Å². The molecule has 0 spiro atoms. The Morgan fingerprint density at radius 1 is 0.404 bits per heavy atom. The van der Waals surface area contributed by atoms with Crippen LogP contribution in [0.4, 0.5) is 17.1 Å². The number of hydrogen-bond donors (Lipinski definition) is 0. The summed E-state index contributed by atoms with van der Waals surface area (Å²) in [4.78, 5) is 2.48. The van der Waals surface area contributed by atoms with Crippen molar-refractivity contribution in [1.29, 1.82) is 0 Å². The first-order chi connectivity index (χ1) is 28.1. The smallest absolute Gasteiger partial charge is 0.0547 e. The van der Waals surface area contributed by atoms with Gasteiger partial charge in [0.2, 0.25) is 0 Å². The van der Waals surface area contributed by atoms with E-state index < -0.39 is 0 Å². The van der Waals surface area contributed by atoms with Crippen LogP contribution in [-0.2, 0) is 5.41 Å². The van der Waals surface area contributed by atoms with Crippen molar-refractivity contribution < 1.29 is 0 Å². The maximum Gasteiger partial charge on any atom is 0.0547 e. The van der Waals surface area contributed by atoms with Crippen LogP contribution in [0.15, 0.2) is 206 Å². The number of nitrogens with zero attached hydrogens (tertiary/aromatic N) is 2. The van der Waals surface area contributed by atoms with Crippen molar-refractivity contribution in [3.05, 3.63) is 217 Å². The lowest BCUT2D eigenvalue weighted by Crippen LogP contribution is -2.16. The second-order valence-corrected chi connectivity index (χ2v) is 15.7. The van der Waals surface area contributed by atoms with Gasteiger partial charge in [0.1, 0.15) is 0 Å². The molecule has 1 aromatic heterocycles. The molecule has 10 aromatic rings. The summed E-state index contributed by atoms with van der Waals surface area (Å²) in [7, 11) is 0. The summed E-state index contributed by atoms with van der Waals surface area (Å²) in [5.41, 5.74) is 16.9. The summed E-state index contributed by atoms with van der Waals surface area (Å²) in [6.45, 7) is 4.72. The highest BCUT2D eigenvalue weighted by molar-refractivity contribution is 6.11. The fourth-order valence-corrected chi connectivity index (χ4v) is 9.54. The number of aromatic nitrogens is 1. The summed E-state index contributed by atoms with van der Waals surface area (Å²) in [5.74, 6) is 0. The summed E-state index contributed by atoms with van der Waals surface area (Å²) < 4.78 is 2.46. The average Bonchev–Trinajstić information content (AvgIpc) is 3.72. The average molecular weight is 729 g/mol. The molecule has 0 saturated heterocycles. The lowest BCUT2D eigenvalue weighted by Gasteiger charge is -2.30. The van der Waals surface area contributed by atoms with Gasteiger partial charge in [-0.05, 0) is 92.7 Å². The first-order valence-corrected chi connectivity index (χ1v) is 19.9. The van der Waals surface area contributed by atoms with Gasteiger partial charge in [-0.3, -0.25) is 0 Å². The Hall–Kier alpha value is -7.16. The van der Waals surface area contributed by atoms with Crippen molar-refractivity contribution in [3.8, 4) is 39.1 Å². The fourth-order valence-electron chi connectivity index (χ4n) is 9.54. The molecule has 0 aliphatic heterocycles. The molecule has 57 heavy (non-hydrogen) atoms. The van der Waals surface area contributed by atoms with Crippen LogP contribution in [0.2, 0.25) is 0 Å². The maximum absolute atomic E-state index is 2.48. The van der Waals surface area contributed by atoms with Crippen LogP contribution in [0.5, 0.6) is 0 Å². The van der Waals surface area contributed by atoms with E-state index in [1.54, 1.807) is 0 Å².